The highest BCUT2D eigenvalue weighted by molar-refractivity contribution is 6.02. The molecule has 0 radical (unpaired) electrons. The molecule has 0 aliphatic carbocycles. The number of hydrogen-bond acceptors (Lipinski definition) is 2. The Morgan fingerprint density at radius 3 is 2.06 bits per heavy atom. The van der Waals surface area contributed by atoms with E-state index < -0.39 is 11.9 Å². The molecular formula is C12H10O4. The molecule has 16 heavy (non-hydrogen) atoms. The Morgan fingerprint density at radius 2 is 1.69 bits per heavy atom. The first kappa shape index (κ1) is 11.7. The summed E-state index contributed by atoms with van der Waals surface area (Å²) in [4.78, 5) is 21.9. The third-order valence-corrected chi connectivity index (χ3v) is 2.15. The second-order valence-corrected chi connectivity index (χ2v) is 3.01. The van der Waals surface area contributed by atoms with Crippen LogP contribution in [-0.2, 0) is 0 Å². The summed E-state index contributed by atoms with van der Waals surface area (Å²) >= 11 is 0. The Kier molecular flexibility index (Phi) is 3.25. The average molecular weight is 218 g/mol. The van der Waals surface area contributed by atoms with Gasteiger partial charge in [0.25, 0.3) is 0 Å². The summed E-state index contributed by atoms with van der Waals surface area (Å²) in [6, 6.07) is 2.75. The van der Waals surface area contributed by atoms with E-state index in [2.05, 4.69) is 13.2 Å². The quantitative estimate of drug-likeness (QED) is 0.813. The summed E-state index contributed by atoms with van der Waals surface area (Å²) < 4.78 is 0. The van der Waals surface area contributed by atoms with Crippen LogP contribution in [0.1, 0.15) is 31.8 Å². The monoisotopic (exact) mass is 218 g/mol. The lowest BCUT2D eigenvalue weighted by Crippen LogP contribution is -2.09. The van der Waals surface area contributed by atoms with E-state index in [0.29, 0.717) is 5.56 Å². The zero-order chi connectivity index (χ0) is 12.3. The van der Waals surface area contributed by atoms with Crippen LogP contribution in [0.5, 0.6) is 0 Å². The van der Waals surface area contributed by atoms with Crippen LogP contribution < -0.4 is 0 Å². The smallest absolute Gasteiger partial charge is 0.336 e. The molecule has 2 N–H and O–H groups in total. The van der Waals surface area contributed by atoms with E-state index >= 15 is 0 Å². The van der Waals surface area contributed by atoms with Crippen molar-refractivity contribution in [2.75, 3.05) is 0 Å². The van der Waals surface area contributed by atoms with E-state index in [-0.39, 0.29) is 16.7 Å². The maximum atomic E-state index is 11.0. The predicted octanol–water partition coefficient (Wildman–Crippen LogP) is 2.37. The SMILES string of the molecule is C=Cc1ccc(C(=O)O)c(C=C)c1C(=O)O. The van der Waals surface area contributed by atoms with Gasteiger partial charge in [0.05, 0.1) is 11.1 Å². The summed E-state index contributed by atoms with van der Waals surface area (Å²) in [5.41, 5.74) is 0.285. The molecule has 4 heteroatoms. The number of carbonyl (C=O) groups is 2. The Balaban J connectivity index is 3.69. The molecule has 1 rings (SSSR count). The van der Waals surface area contributed by atoms with Gasteiger partial charge in [0.1, 0.15) is 0 Å². The maximum Gasteiger partial charge on any atom is 0.336 e. The lowest BCUT2D eigenvalue weighted by Gasteiger charge is -2.08. The van der Waals surface area contributed by atoms with Gasteiger partial charge in [-0.1, -0.05) is 31.4 Å². The Morgan fingerprint density at radius 1 is 1.06 bits per heavy atom. The lowest BCUT2D eigenvalue weighted by molar-refractivity contribution is 0.0695. The van der Waals surface area contributed by atoms with E-state index in [4.69, 9.17) is 10.2 Å². The summed E-state index contributed by atoms with van der Waals surface area (Å²) in [5.74, 6) is -2.39. The maximum absolute atomic E-state index is 11.0. The van der Waals surface area contributed by atoms with Crippen molar-refractivity contribution in [3.8, 4) is 0 Å². The number of carboxylic acids is 2. The second-order valence-electron chi connectivity index (χ2n) is 3.01. The molecule has 0 atom stereocenters. The summed E-state index contributed by atoms with van der Waals surface area (Å²) in [6.07, 6.45) is 2.59. The largest absolute Gasteiger partial charge is 0.478 e. The van der Waals surface area contributed by atoms with Crippen molar-refractivity contribution < 1.29 is 19.8 Å². The molecule has 0 saturated carbocycles. The van der Waals surface area contributed by atoms with E-state index in [1.807, 2.05) is 0 Å². The molecule has 0 spiro atoms. The highest BCUT2D eigenvalue weighted by atomic mass is 16.4. The van der Waals surface area contributed by atoms with Gasteiger partial charge in [0.2, 0.25) is 0 Å². The zero-order valence-corrected chi connectivity index (χ0v) is 8.43. The number of benzene rings is 1. The molecule has 0 unspecified atom stereocenters. The fourth-order valence-corrected chi connectivity index (χ4v) is 1.44. The van der Waals surface area contributed by atoms with Gasteiger partial charge in [-0.15, -0.1) is 0 Å². The molecule has 0 bridgehead atoms. The van der Waals surface area contributed by atoms with Gasteiger partial charge in [0, 0.05) is 5.56 Å². The molecule has 82 valence electrons. The van der Waals surface area contributed by atoms with Crippen LogP contribution in [0.15, 0.2) is 25.3 Å². The van der Waals surface area contributed by atoms with Crippen LogP contribution in [-0.4, -0.2) is 22.2 Å². The second kappa shape index (κ2) is 4.44. The first-order valence-corrected chi connectivity index (χ1v) is 4.41. The van der Waals surface area contributed by atoms with Crippen LogP contribution in [0, 0.1) is 0 Å². The van der Waals surface area contributed by atoms with Gasteiger partial charge in [-0.2, -0.15) is 0 Å². The fraction of sp³-hybridized carbons (Fsp3) is 0. The number of hydrogen-bond donors (Lipinski definition) is 2. The van der Waals surface area contributed by atoms with Crippen molar-refractivity contribution in [2.24, 2.45) is 0 Å². The summed E-state index contributed by atoms with van der Waals surface area (Å²) in [5, 5.41) is 17.9. The number of rotatable bonds is 4. The first-order chi connectivity index (χ1) is 7.52. The van der Waals surface area contributed by atoms with Crippen LogP contribution in [0.3, 0.4) is 0 Å². The van der Waals surface area contributed by atoms with E-state index in [1.165, 1.54) is 24.3 Å². The van der Waals surface area contributed by atoms with Crippen molar-refractivity contribution in [2.45, 2.75) is 0 Å². The van der Waals surface area contributed by atoms with Crippen molar-refractivity contribution in [3.63, 3.8) is 0 Å². The minimum atomic E-state index is -1.20. The average Bonchev–Trinajstić information content (AvgIpc) is 2.26. The molecule has 0 fully saturated rings. The molecule has 0 aliphatic heterocycles. The zero-order valence-electron chi connectivity index (χ0n) is 8.43. The molecule has 0 aromatic heterocycles. The molecule has 4 nitrogen and oxygen atoms in total. The van der Waals surface area contributed by atoms with Gasteiger partial charge in [0.15, 0.2) is 0 Å². The number of aromatic carboxylic acids is 2. The van der Waals surface area contributed by atoms with Crippen LogP contribution in [0.25, 0.3) is 12.2 Å². The van der Waals surface area contributed by atoms with Gasteiger partial charge in [-0.3, -0.25) is 0 Å². The van der Waals surface area contributed by atoms with Crippen LogP contribution in [0.2, 0.25) is 0 Å². The van der Waals surface area contributed by atoms with Gasteiger partial charge in [-0.05, 0) is 11.6 Å². The molecule has 0 aliphatic rings. The third kappa shape index (κ3) is 1.86. The Labute approximate surface area is 92.2 Å². The van der Waals surface area contributed by atoms with Gasteiger partial charge < -0.3 is 10.2 Å². The van der Waals surface area contributed by atoms with E-state index in [0.717, 1.165) is 0 Å². The minimum Gasteiger partial charge on any atom is -0.478 e. The minimum absolute atomic E-state index is 0.0852. The van der Waals surface area contributed by atoms with Crippen molar-refractivity contribution >= 4 is 24.1 Å². The summed E-state index contributed by atoms with van der Waals surface area (Å²) in [7, 11) is 0. The van der Waals surface area contributed by atoms with Crippen LogP contribution >= 0.6 is 0 Å². The first-order valence-electron chi connectivity index (χ1n) is 4.41. The third-order valence-electron chi connectivity index (χ3n) is 2.15. The summed E-state index contributed by atoms with van der Waals surface area (Å²) in [6.45, 7) is 6.91. The van der Waals surface area contributed by atoms with Crippen molar-refractivity contribution in [1.82, 2.24) is 0 Å². The fourth-order valence-electron chi connectivity index (χ4n) is 1.44. The van der Waals surface area contributed by atoms with Gasteiger partial charge >= 0.3 is 11.9 Å². The normalized spacial score (nSPS) is 9.50. The molecule has 1 aromatic carbocycles. The van der Waals surface area contributed by atoms with Gasteiger partial charge in [-0.25, -0.2) is 9.59 Å². The molecule has 0 amide bonds. The van der Waals surface area contributed by atoms with E-state index in [1.54, 1.807) is 0 Å². The molecule has 0 heterocycles. The van der Waals surface area contributed by atoms with E-state index in [9.17, 15) is 9.59 Å². The standard InChI is InChI=1S/C12H10O4/c1-3-7-5-6-9(11(13)14)8(4-2)10(7)12(15)16/h3-6H,1-2H2,(H,13,14)(H,15,16). The topological polar surface area (TPSA) is 74.6 Å². The molecular weight excluding hydrogens is 208 g/mol. The predicted molar refractivity (Wildman–Crippen MR) is 60.5 cm³/mol. The highest BCUT2D eigenvalue weighted by Crippen LogP contribution is 2.22. The Hall–Kier alpha value is -2.36. The van der Waals surface area contributed by atoms with Crippen LogP contribution in [0.4, 0.5) is 0 Å². The van der Waals surface area contributed by atoms with Crippen molar-refractivity contribution in [1.29, 1.82) is 0 Å². The Bertz CT molecular complexity index is 486. The number of carboxylic acid groups (broad SMARTS) is 2. The lowest BCUT2D eigenvalue weighted by atomic mass is 9.96. The molecule has 1 aromatic rings. The van der Waals surface area contributed by atoms with Crippen molar-refractivity contribution in [3.05, 3.63) is 47.5 Å². The highest BCUT2D eigenvalue weighted by Gasteiger charge is 2.18. The molecule has 0 saturated heterocycles.